The highest BCUT2D eigenvalue weighted by Crippen LogP contribution is 2.21. The van der Waals surface area contributed by atoms with Crippen LogP contribution in [0.15, 0.2) is 23.2 Å². The van der Waals surface area contributed by atoms with Crippen LogP contribution in [0.2, 0.25) is 0 Å². The lowest BCUT2D eigenvalue weighted by Gasteiger charge is -2.08. The molecule has 0 unspecified atom stereocenters. The van der Waals surface area contributed by atoms with Gasteiger partial charge in [-0.3, -0.25) is 9.40 Å². The molecule has 0 aliphatic heterocycles. The Balaban J connectivity index is 2.42. The molecule has 2 N–H and O–H groups in total. The highest BCUT2D eigenvalue weighted by molar-refractivity contribution is 7.92. The predicted octanol–water partition coefficient (Wildman–Crippen LogP) is 0.931. The van der Waals surface area contributed by atoms with E-state index in [2.05, 4.69) is 14.8 Å². The number of nitrogens with zero attached hydrogens (tertiary/aromatic N) is 3. The summed E-state index contributed by atoms with van der Waals surface area (Å²) in [6.45, 7) is 3.22. The molecule has 112 valence electrons. The van der Waals surface area contributed by atoms with Crippen LogP contribution < -0.4 is 4.72 Å². The minimum Gasteiger partial charge on any atom is -0.478 e. The summed E-state index contributed by atoms with van der Waals surface area (Å²) in [5, 5.41) is 12.9. The highest BCUT2D eigenvalue weighted by Gasteiger charge is 2.24. The molecule has 21 heavy (non-hydrogen) atoms. The van der Waals surface area contributed by atoms with E-state index in [0.717, 1.165) is 6.07 Å². The first-order chi connectivity index (χ1) is 9.72. The van der Waals surface area contributed by atoms with Gasteiger partial charge in [-0.25, -0.2) is 18.2 Å². The first kappa shape index (κ1) is 15.0. The quantitative estimate of drug-likeness (QED) is 0.868. The number of carboxylic acid groups (broad SMARTS) is 1. The molecule has 0 bridgehead atoms. The molecular formula is C12H14N4O4S. The van der Waals surface area contributed by atoms with E-state index in [0.29, 0.717) is 11.4 Å². The van der Waals surface area contributed by atoms with Gasteiger partial charge in [-0.1, -0.05) is 0 Å². The van der Waals surface area contributed by atoms with Gasteiger partial charge in [0.05, 0.1) is 17.0 Å². The normalized spacial score (nSPS) is 11.4. The van der Waals surface area contributed by atoms with E-state index < -0.39 is 16.0 Å². The maximum absolute atomic E-state index is 12.4. The van der Waals surface area contributed by atoms with Crippen LogP contribution in [0.3, 0.4) is 0 Å². The number of sulfonamides is 1. The van der Waals surface area contributed by atoms with Crippen LogP contribution in [-0.4, -0.2) is 34.3 Å². The van der Waals surface area contributed by atoms with Crippen molar-refractivity contribution >= 4 is 21.8 Å². The van der Waals surface area contributed by atoms with Crippen molar-refractivity contribution in [3.05, 3.63) is 35.3 Å². The second-order valence-electron chi connectivity index (χ2n) is 4.46. The van der Waals surface area contributed by atoms with E-state index in [4.69, 9.17) is 5.11 Å². The molecule has 0 aliphatic rings. The molecule has 2 aromatic rings. The SMILES string of the molecule is Cc1nn(C)c(C)c1S(=O)(=O)Nc1cc(C(=O)O)ccn1. The number of anilines is 1. The summed E-state index contributed by atoms with van der Waals surface area (Å²) in [5.41, 5.74) is 0.786. The van der Waals surface area contributed by atoms with Gasteiger partial charge >= 0.3 is 5.97 Å². The van der Waals surface area contributed by atoms with Crippen molar-refractivity contribution in [2.45, 2.75) is 18.7 Å². The first-order valence-corrected chi connectivity index (χ1v) is 7.43. The molecule has 0 saturated heterocycles. The molecule has 0 aromatic carbocycles. The van der Waals surface area contributed by atoms with Crippen LogP contribution in [0.4, 0.5) is 5.82 Å². The Morgan fingerprint density at radius 1 is 1.38 bits per heavy atom. The summed E-state index contributed by atoms with van der Waals surface area (Å²) in [4.78, 5) is 14.8. The van der Waals surface area contributed by atoms with Crippen molar-refractivity contribution in [1.82, 2.24) is 14.8 Å². The van der Waals surface area contributed by atoms with Crippen molar-refractivity contribution in [2.24, 2.45) is 7.05 Å². The Morgan fingerprint density at radius 2 is 2.05 bits per heavy atom. The Kier molecular flexibility index (Phi) is 3.69. The average molecular weight is 310 g/mol. The molecule has 0 radical (unpaired) electrons. The molecule has 0 spiro atoms. The number of aryl methyl sites for hydroxylation is 2. The van der Waals surface area contributed by atoms with E-state index in [1.807, 2.05) is 0 Å². The van der Waals surface area contributed by atoms with Crippen LogP contribution in [0.1, 0.15) is 21.7 Å². The van der Waals surface area contributed by atoms with Gasteiger partial charge in [-0.15, -0.1) is 0 Å². The molecule has 0 aliphatic carbocycles. The highest BCUT2D eigenvalue weighted by atomic mass is 32.2. The second-order valence-corrected chi connectivity index (χ2v) is 6.08. The zero-order valence-electron chi connectivity index (χ0n) is 11.7. The largest absolute Gasteiger partial charge is 0.478 e. The zero-order valence-corrected chi connectivity index (χ0v) is 12.5. The molecule has 9 heteroatoms. The second kappa shape index (κ2) is 5.17. The van der Waals surface area contributed by atoms with E-state index in [9.17, 15) is 13.2 Å². The maximum Gasteiger partial charge on any atom is 0.335 e. The number of rotatable bonds is 4. The fourth-order valence-corrected chi connectivity index (χ4v) is 3.39. The summed E-state index contributed by atoms with van der Waals surface area (Å²) in [5.74, 6) is -1.22. The van der Waals surface area contributed by atoms with Gasteiger partial charge in [0.15, 0.2) is 0 Å². The fraction of sp³-hybridized carbons (Fsp3) is 0.250. The Labute approximate surface area is 121 Å². The summed E-state index contributed by atoms with van der Waals surface area (Å²) >= 11 is 0. The van der Waals surface area contributed by atoms with Gasteiger partial charge in [-0.2, -0.15) is 5.10 Å². The Hall–Kier alpha value is -2.42. The maximum atomic E-state index is 12.4. The summed E-state index contributed by atoms with van der Waals surface area (Å²) in [7, 11) is -2.24. The third-order valence-corrected chi connectivity index (χ3v) is 4.56. The molecule has 2 aromatic heterocycles. The van der Waals surface area contributed by atoms with Crippen molar-refractivity contribution < 1.29 is 18.3 Å². The van der Waals surface area contributed by atoms with Gasteiger partial charge < -0.3 is 5.11 Å². The standard InChI is InChI=1S/C12H14N4O4S/c1-7-11(8(2)16(3)14-7)21(19,20)15-10-6-9(12(17)18)4-5-13-10/h4-6H,1-3H3,(H,13,15)(H,17,18). The number of pyridine rings is 1. The number of carbonyl (C=O) groups is 1. The average Bonchev–Trinajstić information content (AvgIpc) is 2.63. The molecule has 0 saturated carbocycles. The number of aromatic nitrogens is 3. The monoisotopic (exact) mass is 310 g/mol. The zero-order chi connectivity index (χ0) is 15.8. The van der Waals surface area contributed by atoms with Crippen LogP contribution in [-0.2, 0) is 17.1 Å². The molecule has 2 heterocycles. The van der Waals surface area contributed by atoms with Crippen LogP contribution >= 0.6 is 0 Å². The number of nitrogens with one attached hydrogen (secondary N) is 1. The summed E-state index contributed by atoms with van der Waals surface area (Å²) in [6.07, 6.45) is 1.23. The van der Waals surface area contributed by atoms with Gasteiger partial charge in [0.1, 0.15) is 10.7 Å². The van der Waals surface area contributed by atoms with Crippen molar-refractivity contribution in [2.75, 3.05) is 4.72 Å². The summed E-state index contributed by atoms with van der Waals surface area (Å²) < 4.78 is 28.5. The molecule has 2 rings (SSSR count). The third kappa shape index (κ3) is 2.87. The molecule has 8 nitrogen and oxygen atoms in total. The van der Waals surface area contributed by atoms with E-state index in [1.54, 1.807) is 20.9 Å². The fourth-order valence-electron chi connectivity index (χ4n) is 1.95. The molecule has 0 fully saturated rings. The number of hydrogen-bond donors (Lipinski definition) is 2. The number of carboxylic acids is 1. The molecular weight excluding hydrogens is 296 g/mol. The van der Waals surface area contributed by atoms with Crippen molar-refractivity contribution in [3.63, 3.8) is 0 Å². The Bertz CT molecular complexity index is 811. The minimum atomic E-state index is -3.89. The lowest BCUT2D eigenvalue weighted by molar-refractivity contribution is 0.0697. The lowest BCUT2D eigenvalue weighted by Crippen LogP contribution is -2.16. The van der Waals surface area contributed by atoms with Gasteiger partial charge in [0.2, 0.25) is 0 Å². The predicted molar refractivity (Wildman–Crippen MR) is 74.7 cm³/mol. The Morgan fingerprint density at radius 3 is 2.57 bits per heavy atom. The van der Waals surface area contributed by atoms with E-state index >= 15 is 0 Å². The molecule has 0 amide bonds. The third-order valence-electron chi connectivity index (χ3n) is 2.96. The van der Waals surface area contributed by atoms with Crippen LogP contribution in [0.25, 0.3) is 0 Å². The van der Waals surface area contributed by atoms with Gasteiger partial charge in [0, 0.05) is 13.2 Å². The smallest absolute Gasteiger partial charge is 0.335 e. The van der Waals surface area contributed by atoms with Crippen LogP contribution in [0, 0.1) is 13.8 Å². The number of aromatic carboxylic acids is 1. The topological polar surface area (TPSA) is 114 Å². The van der Waals surface area contributed by atoms with Gasteiger partial charge in [-0.05, 0) is 26.0 Å². The first-order valence-electron chi connectivity index (χ1n) is 5.94. The van der Waals surface area contributed by atoms with Crippen molar-refractivity contribution in [1.29, 1.82) is 0 Å². The summed E-state index contributed by atoms with van der Waals surface area (Å²) in [6, 6.07) is 2.43. The van der Waals surface area contributed by atoms with Crippen molar-refractivity contribution in [3.8, 4) is 0 Å². The lowest BCUT2D eigenvalue weighted by atomic mass is 10.3. The van der Waals surface area contributed by atoms with Crippen LogP contribution in [0.5, 0.6) is 0 Å². The van der Waals surface area contributed by atoms with Gasteiger partial charge in [0.25, 0.3) is 10.0 Å². The minimum absolute atomic E-state index is 0.0534. The molecule has 0 atom stereocenters. The van der Waals surface area contributed by atoms with E-state index in [1.165, 1.54) is 16.9 Å². The van der Waals surface area contributed by atoms with E-state index in [-0.39, 0.29) is 16.3 Å². The number of hydrogen-bond acceptors (Lipinski definition) is 5.